The highest BCUT2D eigenvalue weighted by Gasteiger charge is 2.14. The first-order chi connectivity index (χ1) is 8.08. The van der Waals surface area contributed by atoms with Gasteiger partial charge in [0.15, 0.2) is 0 Å². The molecule has 0 spiro atoms. The molecule has 1 nitrogen and oxygen atoms in total. The number of rotatable bonds is 3. The maximum Gasteiger partial charge on any atom is 0.0590 e. The zero-order chi connectivity index (χ0) is 12.4. The topological polar surface area (TPSA) is 26.0 Å². The highest BCUT2D eigenvalue weighted by Crippen LogP contribution is 2.32. The Morgan fingerprint density at radius 3 is 2.53 bits per heavy atom. The monoisotopic (exact) mass is 377 g/mol. The zero-order valence-electron chi connectivity index (χ0n) is 9.41. The fourth-order valence-electron chi connectivity index (χ4n) is 1.67. The molecular weight excluding hydrogens is 365 g/mol. The van der Waals surface area contributed by atoms with Gasteiger partial charge in [0.2, 0.25) is 0 Å². The fraction of sp³-hybridized carbons (Fsp3) is 0.231. The number of hydrogen-bond acceptors (Lipinski definition) is 2. The summed E-state index contributed by atoms with van der Waals surface area (Å²) in [5.41, 5.74) is 8.57. The Morgan fingerprint density at radius 1 is 1.35 bits per heavy atom. The molecular formula is C13H13ClINS. The molecule has 17 heavy (non-hydrogen) atoms. The molecule has 0 aliphatic heterocycles. The summed E-state index contributed by atoms with van der Waals surface area (Å²) in [5.74, 6) is 0. The number of hydrogen-bond donors (Lipinski definition) is 1. The molecule has 0 radical (unpaired) electrons. The van der Waals surface area contributed by atoms with E-state index in [0.717, 1.165) is 21.9 Å². The van der Waals surface area contributed by atoms with Crippen LogP contribution in [0.25, 0.3) is 0 Å². The SMILES string of the molecule is Cc1csc(C(N)Cc2ccc(I)cc2)c1Cl. The quantitative estimate of drug-likeness (QED) is 0.780. The molecule has 1 atom stereocenters. The van der Waals surface area contributed by atoms with Gasteiger partial charge in [-0.1, -0.05) is 23.7 Å². The molecule has 0 aliphatic carbocycles. The Hall–Kier alpha value is -0.100. The van der Waals surface area contributed by atoms with Crippen LogP contribution in [0, 0.1) is 10.5 Å². The first-order valence-corrected chi connectivity index (χ1v) is 7.65. The molecule has 1 unspecified atom stereocenters. The standard InChI is InChI=1S/C13H13ClINS/c1-8-7-17-13(12(8)14)11(16)6-9-2-4-10(15)5-3-9/h2-5,7,11H,6,16H2,1H3. The van der Waals surface area contributed by atoms with Crippen molar-refractivity contribution in [3.63, 3.8) is 0 Å². The van der Waals surface area contributed by atoms with Crippen LogP contribution >= 0.6 is 45.5 Å². The molecule has 0 fully saturated rings. The molecule has 0 bridgehead atoms. The zero-order valence-corrected chi connectivity index (χ0v) is 13.1. The van der Waals surface area contributed by atoms with E-state index < -0.39 is 0 Å². The number of nitrogens with two attached hydrogens (primary N) is 1. The minimum absolute atomic E-state index is 0.0127. The van der Waals surface area contributed by atoms with E-state index in [-0.39, 0.29) is 6.04 Å². The van der Waals surface area contributed by atoms with Crippen LogP contribution in [0.2, 0.25) is 5.02 Å². The van der Waals surface area contributed by atoms with Gasteiger partial charge in [0, 0.05) is 14.5 Å². The molecule has 0 saturated carbocycles. The van der Waals surface area contributed by atoms with Gasteiger partial charge in [-0.3, -0.25) is 0 Å². The molecule has 0 amide bonds. The van der Waals surface area contributed by atoms with Gasteiger partial charge < -0.3 is 5.73 Å². The Balaban J connectivity index is 2.14. The van der Waals surface area contributed by atoms with E-state index >= 15 is 0 Å². The maximum atomic E-state index is 6.22. The van der Waals surface area contributed by atoms with Crippen LogP contribution in [0.4, 0.5) is 0 Å². The van der Waals surface area contributed by atoms with Crippen molar-refractivity contribution in [1.29, 1.82) is 0 Å². The second-order valence-corrected chi connectivity index (χ2v) is 6.57. The first kappa shape index (κ1) is 13.3. The van der Waals surface area contributed by atoms with Gasteiger partial charge in [-0.05, 0) is 64.6 Å². The second-order valence-electron chi connectivity index (χ2n) is 4.03. The number of halogens is 2. The summed E-state index contributed by atoms with van der Waals surface area (Å²) in [4.78, 5) is 1.09. The highest BCUT2D eigenvalue weighted by molar-refractivity contribution is 14.1. The van der Waals surface area contributed by atoms with Crippen LogP contribution in [-0.2, 0) is 6.42 Å². The van der Waals surface area contributed by atoms with Crippen LogP contribution in [0.1, 0.15) is 22.0 Å². The number of benzene rings is 1. The maximum absolute atomic E-state index is 6.22. The van der Waals surface area contributed by atoms with E-state index in [1.54, 1.807) is 11.3 Å². The molecule has 4 heteroatoms. The number of thiophene rings is 1. The van der Waals surface area contributed by atoms with Crippen LogP contribution < -0.4 is 5.73 Å². The molecule has 2 N–H and O–H groups in total. The molecule has 2 aromatic rings. The van der Waals surface area contributed by atoms with Gasteiger partial charge in [-0.2, -0.15) is 0 Å². The van der Waals surface area contributed by atoms with Gasteiger partial charge in [0.25, 0.3) is 0 Å². The molecule has 1 aromatic heterocycles. The second kappa shape index (κ2) is 5.69. The van der Waals surface area contributed by atoms with Crippen molar-refractivity contribution >= 4 is 45.5 Å². The molecule has 0 aliphatic rings. The average Bonchev–Trinajstić information content (AvgIpc) is 2.63. The lowest BCUT2D eigenvalue weighted by Gasteiger charge is -2.10. The normalized spacial score (nSPS) is 12.7. The molecule has 2 rings (SSSR count). The lowest BCUT2D eigenvalue weighted by molar-refractivity contribution is 0.736. The Morgan fingerprint density at radius 2 is 2.00 bits per heavy atom. The molecule has 90 valence electrons. The van der Waals surface area contributed by atoms with Gasteiger partial charge in [-0.25, -0.2) is 0 Å². The molecule has 1 heterocycles. The lowest BCUT2D eigenvalue weighted by Crippen LogP contribution is -2.12. The molecule has 0 saturated heterocycles. The van der Waals surface area contributed by atoms with Crippen LogP contribution in [0.5, 0.6) is 0 Å². The van der Waals surface area contributed by atoms with E-state index in [1.807, 2.05) is 6.92 Å². The smallest absolute Gasteiger partial charge is 0.0590 e. The van der Waals surface area contributed by atoms with E-state index in [2.05, 4.69) is 52.2 Å². The van der Waals surface area contributed by atoms with Crippen molar-refractivity contribution in [1.82, 2.24) is 0 Å². The highest BCUT2D eigenvalue weighted by atomic mass is 127. The first-order valence-electron chi connectivity index (χ1n) is 5.31. The Bertz CT molecular complexity index is 507. The van der Waals surface area contributed by atoms with E-state index in [1.165, 1.54) is 9.13 Å². The van der Waals surface area contributed by atoms with Gasteiger partial charge in [0.1, 0.15) is 0 Å². The summed E-state index contributed by atoms with van der Waals surface area (Å²) in [6, 6.07) is 8.43. The van der Waals surface area contributed by atoms with Gasteiger partial charge >= 0.3 is 0 Å². The molecule has 1 aromatic carbocycles. The van der Waals surface area contributed by atoms with E-state index in [0.29, 0.717) is 0 Å². The van der Waals surface area contributed by atoms with E-state index in [9.17, 15) is 0 Å². The summed E-state index contributed by atoms with van der Waals surface area (Å²) in [7, 11) is 0. The fourth-order valence-corrected chi connectivity index (χ4v) is 3.36. The van der Waals surface area contributed by atoms with E-state index in [4.69, 9.17) is 17.3 Å². The predicted molar refractivity (Wildman–Crippen MR) is 83.9 cm³/mol. The largest absolute Gasteiger partial charge is 0.323 e. The average molecular weight is 378 g/mol. The minimum Gasteiger partial charge on any atom is -0.323 e. The van der Waals surface area contributed by atoms with Crippen molar-refractivity contribution in [2.45, 2.75) is 19.4 Å². The Labute approximate surface area is 124 Å². The van der Waals surface area contributed by atoms with Crippen molar-refractivity contribution in [3.8, 4) is 0 Å². The summed E-state index contributed by atoms with van der Waals surface area (Å²) < 4.78 is 1.24. The van der Waals surface area contributed by atoms with Crippen molar-refractivity contribution < 1.29 is 0 Å². The summed E-state index contributed by atoms with van der Waals surface area (Å²) >= 11 is 10.2. The van der Waals surface area contributed by atoms with Crippen molar-refractivity contribution in [2.75, 3.05) is 0 Å². The van der Waals surface area contributed by atoms with Crippen LogP contribution in [-0.4, -0.2) is 0 Å². The predicted octanol–water partition coefficient (Wildman–Crippen LogP) is 4.56. The minimum atomic E-state index is -0.0127. The van der Waals surface area contributed by atoms with Gasteiger partial charge in [0.05, 0.1) is 5.02 Å². The van der Waals surface area contributed by atoms with Crippen molar-refractivity contribution in [2.24, 2.45) is 5.73 Å². The third kappa shape index (κ3) is 3.22. The van der Waals surface area contributed by atoms with Crippen molar-refractivity contribution in [3.05, 3.63) is 54.2 Å². The van der Waals surface area contributed by atoms with Crippen LogP contribution in [0.15, 0.2) is 29.6 Å². The summed E-state index contributed by atoms with van der Waals surface area (Å²) in [6.07, 6.45) is 0.830. The summed E-state index contributed by atoms with van der Waals surface area (Å²) in [6.45, 7) is 2.01. The number of aryl methyl sites for hydroxylation is 1. The summed E-state index contributed by atoms with van der Waals surface area (Å²) in [5, 5.41) is 2.89. The Kier molecular flexibility index (Phi) is 4.47. The third-order valence-corrected chi connectivity index (χ3v) is 5.20. The van der Waals surface area contributed by atoms with Gasteiger partial charge in [-0.15, -0.1) is 11.3 Å². The van der Waals surface area contributed by atoms with Crippen LogP contribution in [0.3, 0.4) is 0 Å². The third-order valence-electron chi connectivity index (χ3n) is 2.63. The lowest BCUT2D eigenvalue weighted by atomic mass is 10.1.